The molecule has 2 aromatic rings. The summed E-state index contributed by atoms with van der Waals surface area (Å²) in [4.78, 5) is 32.6. The Morgan fingerprint density at radius 2 is 2.26 bits per heavy atom. The van der Waals surface area contributed by atoms with Crippen LogP contribution in [0.15, 0.2) is 35.6 Å². The maximum Gasteiger partial charge on any atom is 0.255 e. The Bertz CT molecular complexity index is 1040. The van der Waals surface area contributed by atoms with Crippen molar-refractivity contribution in [3.63, 3.8) is 0 Å². The van der Waals surface area contributed by atoms with E-state index in [0.717, 1.165) is 34.1 Å². The third-order valence-electron chi connectivity index (χ3n) is 5.93. The van der Waals surface area contributed by atoms with E-state index < -0.39 is 0 Å². The highest BCUT2D eigenvalue weighted by atomic mass is 32.1. The van der Waals surface area contributed by atoms with Crippen LogP contribution in [0.5, 0.6) is 0 Å². The zero-order valence-corrected chi connectivity index (χ0v) is 19.2. The first-order valence-electron chi connectivity index (χ1n) is 10.5. The molecule has 0 bridgehead atoms. The molecule has 1 aliphatic carbocycles. The summed E-state index contributed by atoms with van der Waals surface area (Å²) in [5, 5.41) is 3.05. The molecule has 0 radical (unpaired) electrons. The minimum absolute atomic E-state index is 0.104. The number of anilines is 1. The van der Waals surface area contributed by atoms with Gasteiger partial charge in [-0.05, 0) is 58.1 Å². The van der Waals surface area contributed by atoms with Gasteiger partial charge in [0.25, 0.3) is 5.91 Å². The molecule has 31 heavy (non-hydrogen) atoms. The first kappa shape index (κ1) is 21.5. The van der Waals surface area contributed by atoms with E-state index in [9.17, 15) is 4.79 Å². The van der Waals surface area contributed by atoms with Crippen molar-refractivity contribution in [1.82, 2.24) is 19.8 Å². The summed E-state index contributed by atoms with van der Waals surface area (Å²) in [6.45, 7) is 5.90. The van der Waals surface area contributed by atoms with Gasteiger partial charge in [0, 0.05) is 37.3 Å². The largest absolute Gasteiger partial charge is 0.404 e. The fourth-order valence-electron chi connectivity index (χ4n) is 3.92. The number of carbonyl (C=O) groups is 1. The van der Waals surface area contributed by atoms with E-state index in [1.165, 1.54) is 19.0 Å². The molecule has 1 saturated carbocycles. The van der Waals surface area contributed by atoms with Gasteiger partial charge < -0.3 is 20.9 Å². The molecule has 2 aromatic heterocycles. The van der Waals surface area contributed by atoms with Gasteiger partial charge in [0.1, 0.15) is 5.84 Å². The molecule has 0 saturated heterocycles. The van der Waals surface area contributed by atoms with Crippen LogP contribution >= 0.6 is 11.3 Å². The molecule has 8 nitrogen and oxygen atoms in total. The van der Waals surface area contributed by atoms with E-state index in [2.05, 4.69) is 46.1 Å². The van der Waals surface area contributed by atoms with Crippen LogP contribution in [0.25, 0.3) is 10.6 Å². The number of aliphatic imine (C=N–C) groups is 1. The second-order valence-corrected chi connectivity index (χ2v) is 9.49. The van der Waals surface area contributed by atoms with E-state index >= 15 is 0 Å². The predicted octanol–water partition coefficient (Wildman–Crippen LogP) is 2.90. The first-order chi connectivity index (χ1) is 14.8. The first-order valence-corrected chi connectivity index (χ1v) is 11.3. The number of nitrogens with two attached hydrogens (primary N) is 1. The number of hydrogen-bond donors (Lipinski definition) is 2. The van der Waals surface area contributed by atoms with Crippen molar-refractivity contribution < 1.29 is 4.79 Å². The van der Waals surface area contributed by atoms with Gasteiger partial charge in [-0.2, -0.15) is 0 Å². The number of aromatic nitrogens is 2. The molecule has 0 aromatic carbocycles. The molecule has 4 rings (SSSR count). The van der Waals surface area contributed by atoms with Gasteiger partial charge in [0.2, 0.25) is 5.95 Å². The zero-order valence-electron chi connectivity index (χ0n) is 18.4. The van der Waals surface area contributed by atoms with Gasteiger partial charge in [-0.15, -0.1) is 11.3 Å². The fourth-order valence-corrected chi connectivity index (χ4v) is 5.15. The van der Waals surface area contributed by atoms with Crippen molar-refractivity contribution >= 4 is 29.0 Å². The monoisotopic (exact) mass is 439 g/mol. The molecule has 9 heteroatoms. The molecule has 164 valence electrons. The normalized spacial score (nSPS) is 18.3. The van der Waals surface area contributed by atoms with Crippen LogP contribution in [0.2, 0.25) is 0 Å². The summed E-state index contributed by atoms with van der Waals surface area (Å²) >= 11 is 1.63. The predicted molar refractivity (Wildman–Crippen MR) is 125 cm³/mol. The molecule has 0 unspecified atom stereocenters. The quantitative estimate of drug-likeness (QED) is 0.508. The second-order valence-electron chi connectivity index (χ2n) is 8.44. The zero-order chi connectivity index (χ0) is 22.2. The van der Waals surface area contributed by atoms with Crippen molar-refractivity contribution in [2.24, 2.45) is 10.7 Å². The van der Waals surface area contributed by atoms with Gasteiger partial charge in [-0.25, -0.2) is 9.97 Å². The van der Waals surface area contributed by atoms with Crippen LogP contribution < -0.4 is 11.1 Å². The number of amidine groups is 1. The minimum Gasteiger partial charge on any atom is -0.404 e. The summed E-state index contributed by atoms with van der Waals surface area (Å²) in [6.07, 6.45) is 7.29. The van der Waals surface area contributed by atoms with Gasteiger partial charge in [0.05, 0.1) is 21.7 Å². The average Bonchev–Trinajstić information content (AvgIpc) is 3.47. The Balaban J connectivity index is 1.54. The number of amides is 1. The van der Waals surface area contributed by atoms with E-state index in [1.54, 1.807) is 30.7 Å². The van der Waals surface area contributed by atoms with Crippen LogP contribution in [-0.4, -0.2) is 64.7 Å². The molecule has 0 atom stereocenters. The fraction of sp³-hybridized carbons (Fsp3) is 0.455. The lowest BCUT2D eigenvalue weighted by molar-refractivity contribution is 0.0594. The van der Waals surface area contributed by atoms with Crippen LogP contribution in [0.3, 0.4) is 0 Å². The molecule has 3 heterocycles. The Morgan fingerprint density at radius 1 is 1.48 bits per heavy atom. The summed E-state index contributed by atoms with van der Waals surface area (Å²) in [6, 6.07) is 4.52. The third-order valence-corrected chi connectivity index (χ3v) is 7.40. The topological polar surface area (TPSA) is 99.7 Å². The lowest BCUT2D eigenvalue weighted by Gasteiger charge is -2.33. The molecule has 3 N–H and O–H groups in total. The van der Waals surface area contributed by atoms with Gasteiger partial charge in [-0.1, -0.05) is 0 Å². The molecule has 2 aliphatic rings. The Morgan fingerprint density at radius 3 is 2.90 bits per heavy atom. The van der Waals surface area contributed by atoms with Crippen LogP contribution in [-0.2, 0) is 5.54 Å². The van der Waals surface area contributed by atoms with E-state index in [-0.39, 0.29) is 11.4 Å². The van der Waals surface area contributed by atoms with Crippen molar-refractivity contribution in [2.45, 2.75) is 38.3 Å². The molecule has 0 spiro atoms. The highest BCUT2D eigenvalue weighted by molar-refractivity contribution is 7.16. The Kier molecular flexibility index (Phi) is 5.81. The Labute approximate surface area is 186 Å². The van der Waals surface area contributed by atoms with E-state index in [0.29, 0.717) is 17.8 Å². The van der Waals surface area contributed by atoms with Crippen LogP contribution in [0, 0.1) is 0 Å². The van der Waals surface area contributed by atoms with Crippen LogP contribution in [0.4, 0.5) is 5.95 Å². The smallest absolute Gasteiger partial charge is 0.255 e. The number of rotatable bonds is 7. The lowest BCUT2D eigenvalue weighted by atomic mass is 10.0. The highest BCUT2D eigenvalue weighted by Gasteiger charge is 2.45. The SMILES string of the molecule is CN=C(C=CN)Nc1nccc(-c2cc3c(s2)C(C)(C)N(CCN(C)C2CC2)C3=O)n1. The summed E-state index contributed by atoms with van der Waals surface area (Å²) in [7, 11) is 3.82. The van der Waals surface area contributed by atoms with Crippen molar-refractivity contribution in [3.8, 4) is 10.6 Å². The average molecular weight is 440 g/mol. The van der Waals surface area contributed by atoms with Crippen molar-refractivity contribution in [3.05, 3.63) is 41.0 Å². The van der Waals surface area contributed by atoms with Crippen molar-refractivity contribution in [1.29, 1.82) is 0 Å². The van der Waals surface area contributed by atoms with Gasteiger partial charge in [-0.3, -0.25) is 9.79 Å². The molecular formula is C22H29N7OS. The van der Waals surface area contributed by atoms with Crippen molar-refractivity contribution in [2.75, 3.05) is 32.5 Å². The molecule has 1 aliphatic heterocycles. The minimum atomic E-state index is -0.332. The number of carbonyl (C=O) groups excluding carboxylic acids is 1. The van der Waals surface area contributed by atoms with Gasteiger partial charge in [0.15, 0.2) is 0 Å². The number of thiophene rings is 1. The molecular weight excluding hydrogens is 410 g/mol. The molecule has 1 fully saturated rings. The van der Waals surface area contributed by atoms with Gasteiger partial charge >= 0.3 is 0 Å². The highest BCUT2D eigenvalue weighted by Crippen LogP contribution is 2.46. The number of fused-ring (bicyclic) bond motifs is 1. The second kappa shape index (κ2) is 8.39. The lowest BCUT2D eigenvalue weighted by Crippen LogP contribution is -2.43. The molecule has 1 amide bonds. The Hall–Kier alpha value is -2.78. The van der Waals surface area contributed by atoms with E-state index in [4.69, 9.17) is 5.73 Å². The number of nitrogens with zero attached hydrogens (tertiary/aromatic N) is 5. The summed E-state index contributed by atoms with van der Waals surface area (Å²) < 4.78 is 0. The standard InChI is InChI=1S/C22H29N7OS/c1-22(2)19-15(20(30)29(22)12-11-28(4)14-5-6-14)13-17(31-19)16-8-10-25-21(26-16)27-18(24-3)7-9-23/h7-10,13-14H,5-6,11-12,23H2,1-4H3,(H,24,25,26,27). The number of hydrogen-bond acceptors (Lipinski definition) is 7. The third kappa shape index (κ3) is 4.20. The van der Waals surface area contributed by atoms with E-state index in [1.807, 2.05) is 17.0 Å². The number of likely N-dealkylation sites (N-methyl/N-ethyl adjacent to an activating group) is 1. The summed E-state index contributed by atoms with van der Waals surface area (Å²) in [5.41, 5.74) is 6.67. The number of nitrogens with one attached hydrogen (secondary N) is 1. The maximum atomic E-state index is 13.2. The van der Waals surface area contributed by atoms with Crippen LogP contribution in [0.1, 0.15) is 41.9 Å². The maximum absolute atomic E-state index is 13.2. The summed E-state index contributed by atoms with van der Waals surface area (Å²) in [5.74, 6) is 1.10.